The molecule has 6 heteroatoms. The van der Waals surface area contributed by atoms with Gasteiger partial charge in [-0.25, -0.2) is 4.79 Å². The summed E-state index contributed by atoms with van der Waals surface area (Å²) in [6, 6.07) is 4.98. The SMILES string of the molecule is O=C(O)/C(=C\c1c(Cl)cccc1Cl)CC(=O)N1CC2CCCCC2C1. The van der Waals surface area contributed by atoms with Crippen LogP contribution in [-0.2, 0) is 9.59 Å². The van der Waals surface area contributed by atoms with Crippen LogP contribution in [0.5, 0.6) is 0 Å². The molecular weight excluding hydrogens is 361 g/mol. The molecule has 1 heterocycles. The number of aliphatic carboxylic acids is 1. The van der Waals surface area contributed by atoms with Gasteiger partial charge in [-0.1, -0.05) is 42.1 Å². The lowest BCUT2D eigenvalue weighted by molar-refractivity contribution is -0.136. The number of carboxylic acid groups (broad SMARTS) is 1. The number of nitrogens with zero attached hydrogens (tertiary/aromatic N) is 1. The van der Waals surface area contributed by atoms with Crippen molar-refractivity contribution in [3.05, 3.63) is 39.4 Å². The van der Waals surface area contributed by atoms with Gasteiger partial charge in [0.25, 0.3) is 0 Å². The summed E-state index contributed by atoms with van der Waals surface area (Å²) < 4.78 is 0. The minimum Gasteiger partial charge on any atom is -0.478 e. The molecule has 0 spiro atoms. The first-order chi connectivity index (χ1) is 12.0. The van der Waals surface area contributed by atoms with Gasteiger partial charge in [-0.2, -0.15) is 0 Å². The van der Waals surface area contributed by atoms with Crippen LogP contribution >= 0.6 is 23.2 Å². The van der Waals surface area contributed by atoms with Crippen molar-refractivity contribution in [2.75, 3.05) is 13.1 Å². The number of carbonyl (C=O) groups is 2. The Bertz CT molecular complexity index is 682. The van der Waals surface area contributed by atoms with Gasteiger partial charge < -0.3 is 10.0 Å². The summed E-state index contributed by atoms with van der Waals surface area (Å²) in [6.45, 7) is 1.51. The van der Waals surface area contributed by atoms with E-state index in [-0.39, 0.29) is 17.9 Å². The standard InChI is InChI=1S/C19H21Cl2NO3/c20-16-6-3-7-17(21)15(16)8-14(19(24)25)9-18(23)22-10-12-4-1-2-5-13(12)11-22/h3,6-8,12-13H,1-2,4-5,9-11H2,(H,24,25)/b14-8-. The van der Waals surface area contributed by atoms with Crippen LogP contribution in [0.3, 0.4) is 0 Å². The topological polar surface area (TPSA) is 57.6 Å². The zero-order chi connectivity index (χ0) is 18.0. The van der Waals surface area contributed by atoms with E-state index in [0.29, 0.717) is 27.4 Å². The number of fused-ring (bicyclic) bond motifs is 1. The molecule has 4 nitrogen and oxygen atoms in total. The Morgan fingerprint density at radius 3 is 2.20 bits per heavy atom. The third-order valence-electron chi connectivity index (χ3n) is 5.26. The van der Waals surface area contributed by atoms with Crippen molar-refractivity contribution < 1.29 is 14.7 Å². The molecule has 1 N–H and O–H groups in total. The highest BCUT2D eigenvalue weighted by atomic mass is 35.5. The van der Waals surface area contributed by atoms with E-state index in [2.05, 4.69) is 0 Å². The lowest BCUT2D eigenvalue weighted by Gasteiger charge is -2.22. The Balaban J connectivity index is 1.75. The minimum atomic E-state index is -1.12. The molecule has 2 atom stereocenters. The van der Waals surface area contributed by atoms with Crippen molar-refractivity contribution >= 4 is 41.2 Å². The van der Waals surface area contributed by atoms with Gasteiger partial charge in [-0.05, 0) is 42.9 Å². The van der Waals surface area contributed by atoms with Crippen LogP contribution in [0.25, 0.3) is 6.08 Å². The Morgan fingerprint density at radius 1 is 1.12 bits per heavy atom. The van der Waals surface area contributed by atoms with E-state index in [1.165, 1.54) is 31.8 Å². The number of carbonyl (C=O) groups excluding carboxylic acids is 1. The van der Waals surface area contributed by atoms with Crippen LogP contribution in [0.15, 0.2) is 23.8 Å². The van der Waals surface area contributed by atoms with Gasteiger partial charge in [0.05, 0.1) is 6.42 Å². The molecule has 25 heavy (non-hydrogen) atoms. The summed E-state index contributed by atoms with van der Waals surface area (Å²) in [5.74, 6) is -0.104. The Kier molecular flexibility index (Phi) is 5.70. The first-order valence-electron chi connectivity index (χ1n) is 8.61. The second-order valence-electron chi connectivity index (χ2n) is 6.89. The molecule has 134 valence electrons. The van der Waals surface area contributed by atoms with Gasteiger partial charge in [-0.15, -0.1) is 0 Å². The van der Waals surface area contributed by atoms with Crippen LogP contribution in [0.1, 0.15) is 37.7 Å². The molecular formula is C19H21Cl2NO3. The normalized spacial score (nSPS) is 23.4. The summed E-state index contributed by atoms with van der Waals surface area (Å²) in [6.07, 6.45) is 6.07. The van der Waals surface area contributed by atoms with Gasteiger partial charge in [0.1, 0.15) is 0 Å². The average molecular weight is 382 g/mol. The third-order valence-corrected chi connectivity index (χ3v) is 5.92. The maximum atomic E-state index is 12.6. The molecule has 0 aromatic heterocycles. The number of likely N-dealkylation sites (tertiary alicyclic amines) is 1. The van der Waals surface area contributed by atoms with Crippen molar-refractivity contribution in [2.45, 2.75) is 32.1 Å². The maximum Gasteiger partial charge on any atom is 0.332 e. The number of hydrogen-bond acceptors (Lipinski definition) is 2. The highest BCUT2D eigenvalue weighted by Crippen LogP contribution is 2.36. The van der Waals surface area contributed by atoms with Crippen LogP contribution < -0.4 is 0 Å². The van der Waals surface area contributed by atoms with Crippen molar-refractivity contribution in [2.24, 2.45) is 11.8 Å². The fraction of sp³-hybridized carbons (Fsp3) is 0.474. The molecule has 1 amide bonds. The summed E-state index contributed by atoms with van der Waals surface area (Å²) in [5, 5.41) is 10.2. The summed E-state index contributed by atoms with van der Waals surface area (Å²) in [4.78, 5) is 26.0. The lowest BCUT2D eigenvalue weighted by Crippen LogP contribution is -2.29. The summed E-state index contributed by atoms with van der Waals surface area (Å²) >= 11 is 12.2. The van der Waals surface area contributed by atoms with Gasteiger partial charge in [0.2, 0.25) is 5.91 Å². The number of carboxylic acids is 1. The van der Waals surface area contributed by atoms with Gasteiger partial charge >= 0.3 is 5.97 Å². The molecule has 0 radical (unpaired) electrons. The number of rotatable bonds is 4. The van der Waals surface area contributed by atoms with E-state index in [1.54, 1.807) is 18.2 Å². The van der Waals surface area contributed by atoms with Crippen LogP contribution in [0, 0.1) is 11.8 Å². The fourth-order valence-corrected chi connectivity index (χ4v) is 4.40. The molecule has 3 rings (SSSR count). The van der Waals surface area contributed by atoms with Crippen molar-refractivity contribution in [1.82, 2.24) is 4.90 Å². The largest absolute Gasteiger partial charge is 0.478 e. The highest BCUT2D eigenvalue weighted by Gasteiger charge is 2.36. The smallest absolute Gasteiger partial charge is 0.332 e. The molecule has 1 aliphatic heterocycles. The maximum absolute atomic E-state index is 12.6. The van der Waals surface area contributed by atoms with E-state index in [4.69, 9.17) is 23.2 Å². The van der Waals surface area contributed by atoms with E-state index < -0.39 is 5.97 Å². The van der Waals surface area contributed by atoms with Gasteiger partial charge in [0.15, 0.2) is 0 Å². The summed E-state index contributed by atoms with van der Waals surface area (Å²) in [5.41, 5.74) is 0.445. The highest BCUT2D eigenvalue weighted by molar-refractivity contribution is 6.37. The van der Waals surface area contributed by atoms with Crippen molar-refractivity contribution in [1.29, 1.82) is 0 Å². The molecule has 1 saturated carbocycles. The average Bonchev–Trinajstić information content (AvgIpc) is 3.01. The van der Waals surface area contributed by atoms with Crippen molar-refractivity contribution in [3.63, 3.8) is 0 Å². The lowest BCUT2D eigenvalue weighted by atomic mass is 9.82. The van der Waals surface area contributed by atoms with E-state index in [0.717, 1.165) is 13.1 Å². The van der Waals surface area contributed by atoms with Crippen LogP contribution in [0.2, 0.25) is 10.0 Å². The van der Waals surface area contributed by atoms with Gasteiger partial charge in [-0.3, -0.25) is 4.79 Å². The number of amides is 1. The number of halogens is 2. The van der Waals surface area contributed by atoms with E-state index in [1.807, 2.05) is 4.90 Å². The van der Waals surface area contributed by atoms with E-state index in [9.17, 15) is 14.7 Å². The molecule has 1 aromatic carbocycles. The first-order valence-corrected chi connectivity index (χ1v) is 9.37. The van der Waals surface area contributed by atoms with Crippen LogP contribution in [0.4, 0.5) is 0 Å². The van der Waals surface area contributed by atoms with E-state index >= 15 is 0 Å². The molecule has 2 unspecified atom stereocenters. The zero-order valence-corrected chi connectivity index (χ0v) is 15.4. The predicted octanol–water partition coefficient (Wildman–Crippen LogP) is 4.50. The Labute approximate surface area is 157 Å². The van der Waals surface area contributed by atoms with Gasteiger partial charge in [0, 0.05) is 34.3 Å². The minimum absolute atomic E-state index is 0.00914. The quantitative estimate of drug-likeness (QED) is 0.780. The summed E-state index contributed by atoms with van der Waals surface area (Å²) in [7, 11) is 0. The zero-order valence-electron chi connectivity index (χ0n) is 13.9. The molecule has 1 saturated heterocycles. The molecule has 1 aliphatic carbocycles. The second-order valence-corrected chi connectivity index (χ2v) is 7.70. The predicted molar refractivity (Wildman–Crippen MR) is 98.7 cm³/mol. The van der Waals surface area contributed by atoms with Crippen LogP contribution in [-0.4, -0.2) is 35.0 Å². The molecule has 2 aliphatic rings. The fourth-order valence-electron chi connectivity index (χ4n) is 3.90. The molecule has 0 bridgehead atoms. The monoisotopic (exact) mass is 381 g/mol. The third kappa shape index (κ3) is 4.18. The Morgan fingerprint density at radius 2 is 1.68 bits per heavy atom. The Hall–Kier alpha value is -1.52. The first kappa shape index (κ1) is 18.3. The second kappa shape index (κ2) is 7.79. The number of benzene rings is 1. The molecule has 1 aromatic rings. The molecule has 2 fully saturated rings. The van der Waals surface area contributed by atoms with Crippen molar-refractivity contribution in [3.8, 4) is 0 Å². The number of hydrogen-bond donors (Lipinski definition) is 1.